The molecule has 96 valence electrons. The molecular formula is C13H15NO4. The monoisotopic (exact) mass is 249 g/mol. The Morgan fingerprint density at radius 3 is 2.67 bits per heavy atom. The number of benzene rings is 1. The van der Waals surface area contributed by atoms with Crippen LogP contribution in [0.2, 0.25) is 0 Å². The molecule has 1 aromatic rings. The molecule has 1 unspecified atom stereocenters. The van der Waals surface area contributed by atoms with Gasteiger partial charge in [0.05, 0.1) is 12.7 Å². The van der Waals surface area contributed by atoms with E-state index in [1.807, 2.05) is 0 Å². The zero-order valence-corrected chi connectivity index (χ0v) is 10.2. The lowest BCUT2D eigenvalue weighted by molar-refractivity contribution is -0.563. The van der Waals surface area contributed by atoms with Gasteiger partial charge < -0.3 is 4.74 Å². The van der Waals surface area contributed by atoms with Gasteiger partial charge in [0, 0.05) is 17.8 Å². The third-order valence-electron chi connectivity index (χ3n) is 3.52. The van der Waals surface area contributed by atoms with Gasteiger partial charge in [0.25, 0.3) is 0 Å². The third kappa shape index (κ3) is 1.75. The highest BCUT2D eigenvalue weighted by Crippen LogP contribution is 2.41. The molecule has 1 aliphatic rings. The zero-order chi connectivity index (χ0) is 13.2. The lowest BCUT2D eigenvalue weighted by Gasteiger charge is -2.28. The van der Waals surface area contributed by atoms with Crippen LogP contribution in [0.15, 0.2) is 24.3 Å². The minimum atomic E-state index is -1.62. The largest absolute Gasteiger partial charge is 0.496 e. The number of carbonyl (C=O) groups is 1. The molecule has 0 saturated heterocycles. The second-order valence-electron chi connectivity index (χ2n) is 4.45. The van der Waals surface area contributed by atoms with Gasteiger partial charge >= 0.3 is 5.54 Å². The van der Waals surface area contributed by atoms with Crippen molar-refractivity contribution in [3.05, 3.63) is 39.9 Å². The maximum Gasteiger partial charge on any atom is 0.307 e. The number of hydrogen-bond acceptors (Lipinski definition) is 4. The molecule has 1 saturated carbocycles. The summed E-state index contributed by atoms with van der Waals surface area (Å²) in [4.78, 5) is 23.2. The van der Waals surface area contributed by atoms with Crippen molar-refractivity contribution >= 4 is 5.78 Å². The van der Waals surface area contributed by atoms with Crippen LogP contribution in [0.4, 0.5) is 0 Å². The first-order valence-electron chi connectivity index (χ1n) is 5.94. The van der Waals surface area contributed by atoms with E-state index in [9.17, 15) is 14.9 Å². The molecule has 0 spiro atoms. The van der Waals surface area contributed by atoms with Crippen LogP contribution in [0, 0.1) is 10.1 Å². The number of para-hydroxylation sites is 1. The normalized spacial score (nSPS) is 23.7. The van der Waals surface area contributed by atoms with Gasteiger partial charge in [-0.05, 0) is 25.0 Å². The molecule has 0 aliphatic heterocycles. The first-order valence-corrected chi connectivity index (χ1v) is 5.94. The number of methoxy groups -OCH3 is 1. The second-order valence-corrected chi connectivity index (χ2v) is 4.45. The summed E-state index contributed by atoms with van der Waals surface area (Å²) in [7, 11) is 1.46. The summed E-state index contributed by atoms with van der Waals surface area (Å²) in [5.41, 5.74) is -1.24. The zero-order valence-electron chi connectivity index (χ0n) is 10.2. The van der Waals surface area contributed by atoms with Crippen molar-refractivity contribution in [2.24, 2.45) is 0 Å². The molecule has 18 heavy (non-hydrogen) atoms. The van der Waals surface area contributed by atoms with Crippen molar-refractivity contribution in [1.82, 2.24) is 0 Å². The summed E-state index contributed by atoms with van der Waals surface area (Å²) in [6, 6.07) is 6.71. The Kier molecular flexibility index (Phi) is 3.32. The van der Waals surface area contributed by atoms with Gasteiger partial charge in [0.1, 0.15) is 5.75 Å². The van der Waals surface area contributed by atoms with E-state index in [0.717, 1.165) is 6.42 Å². The fourth-order valence-electron chi connectivity index (χ4n) is 2.58. The highest BCUT2D eigenvalue weighted by molar-refractivity contribution is 5.89. The molecule has 0 aromatic heterocycles. The van der Waals surface area contributed by atoms with Crippen molar-refractivity contribution in [2.75, 3.05) is 7.11 Å². The highest BCUT2D eigenvalue weighted by atomic mass is 16.6. The van der Waals surface area contributed by atoms with Crippen molar-refractivity contribution < 1.29 is 14.5 Å². The van der Waals surface area contributed by atoms with Crippen LogP contribution in [0.5, 0.6) is 5.75 Å². The van der Waals surface area contributed by atoms with Crippen LogP contribution in [-0.4, -0.2) is 17.8 Å². The fourth-order valence-corrected chi connectivity index (χ4v) is 2.58. The molecule has 2 rings (SSSR count). The van der Waals surface area contributed by atoms with Gasteiger partial charge in [-0.1, -0.05) is 12.1 Å². The van der Waals surface area contributed by atoms with Crippen LogP contribution in [0.1, 0.15) is 31.2 Å². The second kappa shape index (κ2) is 4.76. The van der Waals surface area contributed by atoms with Crippen molar-refractivity contribution in [1.29, 1.82) is 0 Å². The Morgan fingerprint density at radius 2 is 2.06 bits per heavy atom. The average Bonchev–Trinajstić information content (AvgIpc) is 2.39. The topological polar surface area (TPSA) is 69.4 Å². The highest BCUT2D eigenvalue weighted by Gasteiger charge is 2.54. The van der Waals surface area contributed by atoms with Crippen LogP contribution in [-0.2, 0) is 10.3 Å². The van der Waals surface area contributed by atoms with Gasteiger partial charge in [-0.2, -0.15) is 0 Å². The van der Waals surface area contributed by atoms with Gasteiger partial charge in [-0.15, -0.1) is 0 Å². The van der Waals surface area contributed by atoms with Crippen LogP contribution in [0.25, 0.3) is 0 Å². The van der Waals surface area contributed by atoms with E-state index in [2.05, 4.69) is 0 Å². The van der Waals surface area contributed by atoms with E-state index in [4.69, 9.17) is 4.74 Å². The summed E-state index contributed by atoms with van der Waals surface area (Å²) in [6.07, 6.45) is 1.92. The molecule has 0 bridgehead atoms. The van der Waals surface area contributed by atoms with E-state index < -0.39 is 10.5 Å². The number of ether oxygens (including phenoxy) is 1. The molecule has 0 heterocycles. The first kappa shape index (κ1) is 12.5. The number of carbonyl (C=O) groups excluding carboxylic acids is 1. The fraction of sp³-hybridized carbons (Fsp3) is 0.462. The van der Waals surface area contributed by atoms with E-state index in [1.54, 1.807) is 24.3 Å². The van der Waals surface area contributed by atoms with E-state index >= 15 is 0 Å². The van der Waals surface area contributed by atoms with Crippen LogP contribution < -0.4 is 4.74 Å². The molecule has 1 atom stereocenters. The van der Waals surface area contributed by atoms with Crippen molar-refractivity contribution in [3.8, 4) is 5.75 Å². The van der Waals surface area contributed by atoms with Gasteiger partial charge in [-0.3, -0.25) is 14.9 Å². The Bertz CT molecular complexity index is 486. The number of Topliss-reactive ketones (excluding diaryl/α,β-unsaturated/α-hetero) is 1. The average molecular weight is 249 g/mol. The number of nitro groups is 1. The predicted octanol–water partition coefficient (Wildman–Crippen LogP) is 2.31. The lowest BCUT2D eigenvalue weighted by Crippen LogP contribution is -2.45. The number of rotatable bonds is 3. The molecule has 0 radical (unpaired) electrons. The van der Waals surface area contributed by atoms with Crippen LogP contribution >= 0.6 is 0 Å². The van der Waals surface area contributed by atoms with Gasteiger partial charge in [0.15, 0.2) is 0 Å². The Morgan fingerprint density at radius 1 is 1.33 bits per heavy atom. The molecular weight excluding hydrogens is 234 g/mol. The lowest BCUT2D eigenvalue weighted by atomic mass is 9.75. The molecule has 0 amide bonds. The van der Waals surface area contributed by atoms with E-state index in [1.165, 1.54) is 7.11 Å². The summed E-state index contributed by atoms with van der Waals surface area (Å²) < 4.78 is 5.17. The maximum absolute atomic E-state index is 12.1. The van der Waals surface area contributed by atoms with Gasteiger partial charge in [-0.25, -0.2) is 0 Å². The molecule has 1 fully saturated rings. The first-order chi connectivity index (χ1) is 8.63. The molecule has 5 nitrogen and oxygen atoms in total. The maximum atomic E-state index is 12.1. The molecule has 5 heteroatoms. The summed E-state index contributed by atoms with van der Waals surface area (Å²) in [5, 5.41) is 11.5. The standard InChI is InChI=1S/C13H15NO4/c1-18-11-7-3-2-6-10(11)13(14(16)17)9-5-4-8-12(13)15/h2-3,6-7H,4-5,8-9H2,1H3. The van der Waals surface area contributed by atoms with Gasteiger partial charge in [0.2, 0.25) is 5.78 Å². The summed E-state index contributed by atoms with van der Waals surface area (Å²) in [6.45, 7) is 0. The quantitative estimate of drug-likeness (QED) is 0.608. The molecule has 0 N–H and O–H groups in total. The van der Waals surface area contributed by atoms with E-state index in [-0.39, 0.29) is 18.6 Å². The predicted molar refractivity (Wildman–Crippen MR) is 65.1 cm³/mol. The van der Waals surface area contributed by atoms with Crippen molar-refractivity contribution in [3.63, 3.8) is 0 Å². The third-order valence-corrected chi connectivity index (χ3v) is 3.52. The van der Waals surface area contributed by atoms with Crippen molar-refractivity contribution in [2.45, 2.75) is 31.2 Å². The van der Waals surface area contributed by atoms with E-state index in [0.29, 0.717) is 17.7 Å². The Labute approximate surface area is 105 Å². The smallest absolute Gasteiger partial charge is 0.307 e. The summed E-state index contributed by atoms with van der Waals surface area (Å²) >= 11 is 0. The number of hydrogen-bond donors (Lipinski definition) is 0. The Hall–Kier alpha value is -1.91. The summed E-state index contributed by atoms with van der Waals surface area (Å²) in [5.74, 6) is 0.0905. The number of ketones is 1. The molecule has 1 aliphatic carbocycles. The minimum Gasteiger partial charge on any atom is -0.496 e. The Balaban J connectivity index is 2.60. The minimum absolute atomic E-state index is 0.249. The SMILES string of the molecule is COc1ccccc1C1([N+](=O)[O-])CCCCC1=O. The van der Waals surface area contributed by atoms with Crippen LogP contribution in [0.3, 0.4) is 0 Å². The molecule has 1 aromatic carbocycles. The number of nitrogens with zero attached hydrogens (tertiary/aromatic N) is 1.